The summed E-state index contributed by atoms with van der Waals surface area (Å²) < 4.78 is 5.98. The number of rotatable bonds is 8. The standard InChI is InChI=1S/C28H31N3O3/c1-28(2,3)22-8-5-7-21(17-22)26(32)30-14-12-19-6-4-9-23(16-19)34-24-13-15-29-25(18-24)31-27(33)20-10-11-20/h4-9,13,15-18,20H,10-12,14H2,1-3H3,(H,30,32)(H,29,31,33). The molecule has 1 heterocycles. The van der Waals surface area contributed by atoms with E-state index in [0.29, 0.717) is 35.8 Å². The second-order valence-corrected chi connectivity index (χ2v) is 9.73. The Bertz CT molecular complexity index is 1180. The van der Waals surface area contributed by atoms with Gasteiger partial charge in [-0.15, -0.1) is 0 Å². The molecule has 1 aliphatic carbocycles. The van der Waals surface area contributed by atoms with Crippen molar-refractivity contribution in [1.82, 2.24) is 10.3 Å². The average Bonchev–Trinajstić information content (AvgIpc) is 3.65. The van der Waals surface area contributed by atoms with Crippen molar-refractivity contribution in [3.63, 3.8) is 0 Å². The van der Waals surface area contributed by atoms with Gasteiger partial charge in [-0.3, -0.25) is 9.59 Å². The van der Waals surface area contributed by atoms with Crippen LogP contribution in [0, 0.1) is 5.92 Å². The van der Waals surface area contributed by atoms with Gasteiger partial charge in [-0.05, 0) is 66.1 Å². The van der Waals surface area contributed by atoms with Crippen LogP contribution in [0.3, 0.4) is 0 Å². The fraction of sp³-hybridized carbons (Fsp3) is 0.321. The molecule has 34 heavy (non-hydrogen) atoms. The van der Waals surface area contributed by atoms with Crippen LogP contribution in [-0.4, -0.2) is 23.3 Å². The lowest BCUT2D eigenvalue weighted by molar-refractivity contribution is -0.117. The molecular formula is C28H31N3O3. The summed E-state index contributed by atoms with van der Waals surface area (Å²) in [5.74, 6) is 1.84. The van der Waals surface area contributed by atoms with E-state index in [-0.39, 0.29) is 23.1 Å². The first kappa shape index (κ1) is 23.5. The van der Waals surface area contributed by atoms with Gasteiger partial charge < -0.3 is 15.4 Å². The minimum Gasteiger partial charge on any atom is -0.457 e. The lowest BCUT2D eigenvalue weighted by Gasteiger charge is -2.19. The highest BCUT2D eigenvalue weighted by Crippen LogP contribution is 2.30. The SMILES string of the molecule is CC(C)(C)c1cccc(C(=O)NCCc2cccc(Oc3ccnc(NC(=O)C4CC4)c3)c2)c1. The molecule has 0 saturated heterocycles. The van der Waals surface area contributed by atoms with Gasteiger partial charge in [-0.1, -0.05) is 45.0 Å². The van der Waals surface area contributed by atoms with Crippen LogP contribution in [0.1, 0.15) is 55.1 Å². The quantitative estimate of drug-likeness (QED) is 0.469. The van der Waals surface area contributed by atoms with E-state index in [9.17, 15) is 9.59 Å². The molecule has 0 unspecified atom stereocenters. The van der Waals surface area contributed by atoms with Crippen LogP contribution in [0.2, 0.25) is 0 Å². The Kier molecular flexibility index (Phi) is 6.96. The number of benzene rings is 2. The molecule has 0 radical (unpaired) electrons. The molecule has 176 valence electrons. The number of ether oxygens (including phenoxy) is 1. The molecule has 1 saturated carbocycles. The van der Waals surface area contributed by atoms with Gasteiger partial charge >= 0.3 is 0 Å². The van der Waals surface area contributed by atoms with Gasteiger partial charge in [-0.25, -0.2) is 4.98 Å². The highest BCUT2D eigenvalue weighted by molar-refractivity contribution is 5.94. The second-order valence-electron chi connectivity index (χ2n) is 9.73. The van der Waals surface area contributed by atoms with E-state index < -0.39 is 0 Å². The summed E-state index contributed by atoms with van der Waals surface area (Å²) in [5, 5.41) is 5.84. The van der Waals surface area contributed by atoms with Crippen LogP contribution in [0.15, 0.2) is 66.9 Å². The van der Waals surface area contributed by atoms with Gasteiger partial charge in [0.25, 0.3) is 5.91 Å². The number of aromatic nitrogens is 1. The van der Waals surface area contributed by atoms with E-state index in [1.165, 1.54) is 0 Å². The Morgan fingerprint density at radius 3 is 2.53 bits per heavy atom. The Morgan fingerprint density at radius 2 is 1.76 bits per heavy atom. The predicted molar refractivity (Wildman–Crippen MR) is 133 cm³/mol. The van der Waals surface area contributed by atoms with E-state index >= 15 is 0 Å². The van der Waals surface area contributed by atoms with E-state index in [2.05, 4.69) is 42.5 Å². The minimum atomic E-state index is -0.0731. The molecule has 2 N–H and O–H groups in total. The van der Waals surface area contributed by atoms with Gasteiger partial charge in [-0.2, -0.15) is 0 Å². The lowest BCUT2D eigenvalue weighted by atomic mass is 9.86. The number of carbonyl (C=O) groups excluding carboxylic acids is 2. The van der Waals surface area contributed by atoms with Crippen molar-refractivity contribution in [3.8, 4) is 11.5 Å². The molecule has 6 nitrogen and oxygen atoms in total. The fourth-order valence-corrected chi connectivity index (χ4v) is 3.57. The Balaban J connectivity index is 1.32. The molecule has 2 amide bonds. The maximum Gasteiger partial charge on any atom is 0.251 e. The number of nitrogens with zero attached hydrogens (tertiary/aromatic N) is 1. The molecule has 0 aliphatic heterocycles. The molecule has 3 aromatic rings. The summed E-state index contributed by atoms with van der Waals surface area (Å²) >= 11 is 0. The van der Waals surface area contributed by atoms with E-state index in [0.717, 1.165) is 24.0 Å². The molecule has 2 aromatic carbocycles. The Hall–Kier alpha value is -3.67. The van der Waals surface area contributed by atoms with Gasteiger partial charge in [0.05, 0.1) is 0 Å². The molecule has 1 aromatic heterocycles. The highest BCUT2D eigenvalue weighted by atomic mass is 16.5. The van der Waals surface area contributed by atoms with Gasteiger partial charge in [0.2, 0.25) is 5.91 Å². The van der Waals surface area contributed by atoms with Crippen LogP contribution in [0.4, 0.5) is 5.82 Å². The molecule has 4 rings (SSSR count). The number of hydrogen-bond donors (Lipinski definition) is 2. The molecule has 6 heteroatoms. The first-order valence-electron chi connectivity index (χ1n) is 11.7. The Morgan fingerprint density at radius 1 is 1.00 bits per heavy atom. The Labute approximate surface area is 200 Å². The average molecular weight is 458 g/mol. The summed E-state index contributed by atoms with van der Waals surface area (Å²) in [7, 11) is 0. The van der Waals surface area contributed by atoms with Crippen molar-refractivity contribution >= 4 is 17.6 Å². The maximum absolute atomic E-state index is 12.6. The summed E-state index contributed by atoms with van der Waals surface area (Å²) in [4.78, 5) is 28.8. The van der Waals surface area contributed by atoms with Crippen LogP contribution >= 0.6 is 0 Å². The minimum absolute atomic E-state index is 0.00484. The summed E-state index contributed by atoms with van der Waals surface area (Å²) in [6.07, 6.45) is 4.18. The normalized spacial score (nSPS) is 13.3. The van der Waals surface area contributed by atoms with E-state index in [1.807, 2.05) is 42.5 Å². The summed E-state index contributed by atoms with van der Waals surface area (Å²) in [6.45, 7) is 6.93. The zero-order valence-corrected chi connectivity index (χ0v) is 19.9. The molecule has 1 aliphatic rings. The third-order valence-corrected chi connectivity index (χ3v) is 5.75. The number of hydrogen-bond acceptors (Lipinski definition) is 4. The van der Waals surface area contributed by atoms with Crippen molar-refractivity contribution < 1.29 is 14.3 Å². The molecule has 0 spiro atoms. The van der Waals surface area contributed by atoms with Crippen LogP contribution < -0.4 is 15.4 Å². The van der Waals surface area contributed by atoms with Crippen molar-refractivity contribution in [2.24, 2.45) is 5.92 Å². The summed E-state index contributed by atoms with van der Waals surface area (Å²) in [6, 6.07) is 19.0. The highest BCUT2D eigenvalue weighted by Gasteiger charge is 2.29. The smallest absolute Gasteiger partial charge is 0.251 e. The largest absolute Gasteiger partial charge is 0.457 e. The maximum atomic E-state index is 12.6. The second kappa shape index (κ2) is 10.1. The molecule has 1 fully saturated rings. The number of anilines is 1. The van der Waals surface area contributed by atoms with Gasteiger partial charge in [0.1, 0.15) is 17.3 Å². The summed E-state index contributed by atoms with van der Waals surface area (Å²) in [5.41, 5.74) is 2.86. The van der Waals surface area contributed by atoms with Crippen molar-refractivity contribution in [3.05, 3.63) is 83.6 Å². The molecule has 0 atom stereocenters. The zero-order chi connectivity index (χ0) is 24.1. The topological polar surface area (TPSA) is 80.3 Å². The van der Waals surface area contributed by atoms with Crippen LogP contribution in [-0.2, 0) is 16.6 Å². The number of carbonyl (C=O) groups is 2. The molecule has 0 bridgehead atoms. The van der Waals surface area contributed by atoms with Crippen molar-refractivity contribution in [1.29, 1.82) is 0 Å². The van der Waals surface area contributed by atoms with Crippen LogP contribution in [0.5, 0.6) is 11.5 Å². The monoisotopic (exact) mass is 457 g/mol. The van der Waals surface area contributed by atoms with Crippen molar-refractivity contribution in [2.75, 3.05) is 11.9 Å². The number of pyridine rings is 1. The third-order valence-electron chi connectivity index (χ3n) is 5.75. The van der Waals surface area contributed by atoms with Gasteiger partial charge in [0, 0.05) is 30.3 Å². The van der Waals surface area contributed by atoms with Crippen LogP contribution in [0.25, 0.3) is 0 Å². The predicted octanol–water partition coefficient (Wildman–Crippen LogP) is 5.49. The van der Waals surface area contributed by atoms with Gasteiger partial charge in [0.15, 0.2) is 0 Å². The fourth-order valence-electron chi connectivity index (χ4n) is 3.57. The van der Waals surface area contributed by atoms with Crippen molar-refractivity contribution in [2.45, 2.75) is 45.4 Å². The number of amides is 2. The van der Waals surface area contributed by atoms with E-state index in [1.54, 1.807) is 18.3 Å². The first-order valence-corrected chi connectivity index (χ1v) is 11.7. The zero-order valence-electron chi connectivity index (χ0n) is 19.9. The molecular weight excluding hydrogens is 426 g/mol. The van der Waals surface area contributed by atoms with E-state index in [4.69, 9.17) is 4.74 Å². The number of nitrogens with one attached hydrogen (secondary N) is 2. The lowest BCUT2D eigenvalue weighted by Crippen LogP contribution is -2.26. The third kappa shape index (κ3) is 6.44. The first-order chi connectivity index (χ1) is 16.3.